The summed E-state index contributed by atoms with van der Waals surface area (Å²) in [5.74, 6) is 1.20. The predicted molar refractivity (Wildman–Crippen MR) is 74.7 cm³/mol. The third kappa shape index (κ3) is 2.70. The SMILES string of the molecule is O=c1c(NCc2ccno2)c(Cl)cnn1CC1CCC1. The Hall–Kier alpha value is -1.82. The Morgan fingerprint density at radius 1 is 1.50 bits per heavy atom. The topological polar surface area (TPSA) is 73.0 Å². The first-order valence-electron chi connectivity index (χ1n) is 6.63. The molecule has 2 aromatic rings. The van der Waals surface area contributed by atoms with Crippen LogP contribution in [0.3, 0.4) is 0 Å². The third-order valence-corrected chi connectivity index (χ3v) is 3.87. The molecule has 0 amide bonds. The van der Waals surface area contributed by atoms with Gasteiger partial charge in [0.1, 0.15) is 5.69 Å². The van der Waals surface area contributed by atoms with Gasteiger partial charge in [0.2, 0.25) is 0 Å². The Bertz CT molecular complexity index is 634. The molecule has 1 saturated carbocycles. The van der Waals surface area contributed by atoms with Crippen LogP contribution in [-0.4, -0.2) is 14.9 Å². The van der Waals surface area contributed by atoms with Gasteiger partial charge in [-0.3, -0.25) is 4.79 Å². The zero-order valence-electron chi connectivity index (χ0n) is 10.9. The number of aromatic nitrogens is 3. The van der Waals surface area contributed by atoms with Crippen molar-refractivity contribution < 1.29 is 4.52 Å². The van der Waals surface area contributed by atoms with E-state index in [1.54, 1.807) is 12.3 Å². The fourth-order valence-electron chi connectivity index (χ4n) is 2.19. The van der Waals surface area contributed by atoms with Crippen molar-refractivity contribution in [3.63, 3.8) is 0 Å². The van der Waals surface area contributed by atoms with Crippen molar-refractivity contribution >= 4 is 17.3 Å². The van der Waals surface area contributed by atoms with E-state index in [4.69, 9.17) is 16.1 Å². The molecule has 0 bridgehead atoms. The predicted octanol–water partition coefficient (Wildman–Crippen LogP) is 2.30. The summed E-state index contributed by atoms with van der Waals surface area (Å²) in [4.78, 5) is 12.3. The van der Waals surface area contributed by atoms with E-state index in [-0.39, 0.29) is 5.56 Å². The summed E-state index contributed by atoms with van der Waals surface area (Å²) in [6, 6.07) is 1.73. The Morgan fingerprint density at radius 2 is 2.35 bits per heavy atom. The monoisotopic (exact) mass is 294 g/mol. The van der Waals surface area contributed by atoms with E-state index in [1.807, 2.05) is 0 Å². The number of nitrogens with zero attached hydrogens (tertiary/aromatic N) is 3. The van der Waals surface area contributed by atoms with Crippen LogP contribution in [0.15, 0.2) is 27.8 Å². The third-order valence-electron chi connectivity index (χ3n) is 3.58. The molecule has 0 saturated heterocycles. The first-order valence-corrected chi connectivity index (χ1v) is 7.01. The van der Waals surface area contributed by atoms with Crippen LogP contribution < -0.4 is 10.9 Å². The van der Waals surface area contributed by atoms with E-state index < -0.39 is 0 Å². The van der Waals surface area contributed by atoms with Crippen molar-refractivity contribution in [3.8, 4) is 0 Å². The molecule has 3 rings (SSSR count). The summed E-state index contributed by atoms with van der Waals surface area (Å²) in [5.41, 5.74) is 0.168. The van der Waals surface area contributed by atoms with Gasteiger partial charge < -0.3 is 9.84 Å². The molecule has 0 aliphatic heterocycles. The summed E-state index contributed by atoms with van der Waals surface area (Å²) in [6.07, 6.45) is 6.63. The molecule has 0 radical (unpaired) electrons. The minimum absolute atomic E-state index is 0.191. The highest BCUT2D eigenvalue weighted by molar-refractivity contribution is 6.32. The molecule has 7 heteroatoms. The lowest BCUT2D eigenvalue weighted by atomic mass is 9.85. The number of hydrogen-bond donors (Lipinski definition) is 1. The lowest BCUT2D eigenvalue weighted by molar-refractivity contribution is 0.262. The molecule has 1 aliphatic carbocycles. The van der Waals surface area contributed by atoms with Gasteiger partial charge in [0.05, 0.1) is 24.0 Å². The van der Waals surface area contributed by atoms with Gasteiger partial charge in [-0.15, -0.1) is 0 Å². The van der Waals surface area contributed by atoms with E-state index in [1.165, 1.54) is 17.3 Å². The molecular formula is C13H15ClN4O2. The van der Waals surface area contributed by atoms with Crippen LogP contribution in [0.25, 0.3) is 0 Å². The number of hydrogen-bond acceptors (Lipinski definition) is 5. The van der Waals surface area contributed by atoms with Crippen LogP contribution in [0.1, 0.15) is 25.0 Å². The molecule has 0 aromatic carbocycles. The quantitative estimate of drug-likeness (QED) is 0.916. The zero-order chi connectivity index (χ0) is 13.9. The van der Waals surface area contributed by atoms with E-state index in [0.29, 0.717) is 35.5 Å². The zero-order valence-corrected chi connectivity index (χ0v) is 11.6. The summed E-state index contributed by atoms with van der Waals surface area (Å²) in [7, 11) is 0. The van der Waals surface area contributed by atoms with Crippen molar-refractivity contribution in [1.29, 1.82) is 0 Å². The first kappa shape index (κ1) is 13.2. The average molecular weight is 295 g/mol. The Morgan fingerprint density at radius 3 is 3.00 bits per heavy atom. The van der Waals surface area contributed by atoms with Crippen LogP contribution in [0.5, 0.6) is 0 Å². The highest BCUT2D eigenvalue weighted by Crippen LogP contribution is 2.27. The summed E-state index contributed by atoms with van der Waals surface area (Å²) in [5, 5.41) is 11.0. The van der Waals surface area contributed by atoms with Gasteiger partial charge in [-0.1, -0.05) is 23.2 Å². The van der Waals surface area contributed by atoms with Gasteiger partial charge >= 0.3 is 0 Å². The second-order valence-electron chi connectivity index (χ2n) is 4.98. The molecular weight excluding hydrogens is 280 g/mol. The van der Waals surface area contributed by atoms with E-state index in [9.17, 15) is 4.79 Å². The second-order valence-corrected chi connectivity index (χ2v) is 5.39. The van der Waals surface area contributed by atoms with Crippen LogP contribution in [0.2, 0.25) is 5.02 Å². The lowest BCUT2D eigenvalue weighted by Gasteiger charge is -2.25. The van der Waals surface area contributed by atoms with Crippen molar-refractivity contribution in [2.45, 2.75) is 32.4 Å². The molecule has 0 atom stereocenters. The molecule has 20 heavy (non-hydrogen) atoms. The van der Waals surface area contributed by atoms with Crippen molar-refractivity contribution in [2.24, 2.45) is 5.92 Å². The maximum atomic E-state index is 12.3. The van der Waals surface area contributed by atoms with Crippen LogP contribution >= 0.6 is 11.6 Å². The summed E-state index contributed by atoms with van der Waals surface area (Å²) < 4.78 is 6.46. The van der Waals surface area contributed by atoms with Gasteiger partial charge in [0.25, 0.3) is 5.56 Å². The number of halogens is 1. The largest absolute Gasteiger partial charge is 0.372 e. The van der Waals surface area contributed by atoms with Crippen molar-refractivity contribution in [3.05, 3.63) is 39.6 Å². The highest BCUT2D eigenvalue weighted by atomic mass is 35.5. The Labute approximate surface area is 120 Å². The summed E-state index contributed by atoms with van der Waals surface area (Å²) in [6.45, 7) is 1.02. The maximum Gasteiger partial charge on any atom is 0.291 e. The second kappa shape index (κ2) is 5.66. The van der Waals surface area contributed by atoms with E-state index >= 15 is 0 Å². The fourth-order valence-corrected chi connectivity index (χ4v) is 2.38. The van der Waals surface area contributed by atoms with Crippen LogP contribution in [0.4, 0.5) is 5.69 Å². The van der Waals surface area contributed by atoms with Crippen molar-refractivity contribution in [2.75, 3.05) is 5.32 Å². The highest BCUT2D eigenvalue weighted by Gasteiger charge is 2.20. The smallest absolute Gasteiger partial charge is 0.291 e. The Balaban J connectivity index is 1.77. The molecule has 2 heterocycles. The van der Waals surface area contributed by atoms with E-state index in [0.717, 1.165) is 12.8 Å². The minimum Gasteiger partial charge on any atom is -0.372 e. The Kier molecular flexibility index (Phi) is 3.73. The maximum absolute atomic E-state index is 12.3. The van der Waals surface area contributed by atoms with Gasteiger partial charge in [0.15, 0.2) is 5.76 Å². The van der Waals surface area contributed by atoms with Crippen LogP contribution in [0, 0.1) is 5.92 Å². The van der Waals surface area contributed by atoms with Crippen molar-refractivity contribution in [1.82, 2.24) is 14.9 Å². The van der Waals surface area contributed by atoms with Gasteiger partial charge in [-0.25, -0.2) is 4.68 Å². The molecule has 106 valence electrons. The molecule has 0 spiro atoms. The van der Waals surface area contributed by atoms with E-state index in [2.05, 4.69) is 15.6 Å². The van der Waals surface area contributed by atoms with Gasteiger partial charge in [0, 0.05) is 12.6 Å². The standard InChI is InChI=1S/C13H15ClN4O2/c14-11-7-16-18(8-9-2-1-3-9)13(19)12(11)15-6-10-4-5-17-20-10/h4-5,7,9,15H,1-3,6,8H2. The van der Waals surface area contributed by atoms with Gasteiger partial charge in [-0.2, -0.15) is 5.10 Å². The number of rotatable bonds is 5. The molecule has 2 aromatic heterocycles. The molecule has 0 unspecified atom stereocenters. The average Bonchev–Trinajstić information content (AvgIpc) is 2.89. The number of nitrogens with one attached hydrogen (secondary N) is 1. The molecule has 6 nitrogen and oxygen atoms in total. The molecule has 1 aliphatic rings. The van der Waals surface area contributed by atoms with Gasteiger partial charge in [-0.05, 0) is 18.8 Å². The minimum atomic E-state index is -0.191. The van der Waals surface area contributed by atoms with Crippen LogP contribution in [-0.2, 0) is 13.1 Å². The lowest BCUT2D eigenvalue weighted by Crippen LogP contribution is -2.30. The number of anilines is 1. The fraction of sp³-hybridized carbons (Fsp3) is 0.462. The molecule has 1 N–H and O–H groups in total. The normalized spacial score (nSPS) is 15.1. The summed E-state index contributed by atoms with van der Waals surface area (Å²) >= 11 is 6.04. The molecule has 1 fully saturated rings. The first-order chi connectivity index (χ1) is 9.74.